The van der Waals surface area contributed by atoms with Crippen molar-refractivity contribution in [3.05, 3.63) is 40.7 Å². The molecule has 0 amide bonds. The Balaban J connectivity index is 1.79. The highest BCUT2D eigenvalue weighted by Gasteiger charge is 2.19. The van der Waals surface area contributed by atoms with E-state index >= 15 is 0 Å². The summed E-state index contributed by atoms with van der Waals surface area (Å²) in [5, 5.41) is 7.47. The van der Waals surface area contributed by atoms with Crippen LogP contribution >= 0.6 is 0 Å². The van der Waals surface area contributed by atoms with Crippen molar-refractivity contribution in [2.45, 2.75) is 25.4 Å². The largest absolute Gasteiger partial charge is 0.362 e. The number of rotatable bonds is 2. The van der Waals surface area contributed by atoms with Crippen LogP contribution in [0.1, 0.15) is 12.1 Å². The van der Waals surface area contributed by atoms with E-state index in [2.05, 4.69) is 15.4 Å². The monoisotopic (exact) mass is 245 g/mol. The molecule has 1 aliphatic heterocycles. The van der Waals surface area contributed by atoms with E-state index in [1.807, 2.05) is 16.9 Å². The van der Waals surface area contributed by atoms with Crippen molar-refractivity contribution in [1.29, 1.82) is 0 Å². The first-order valence-electron chi connectivity index (χ1n) is 6.03. The van der Waals surface area contributed by atoms with E-state index in [4.69, 9.17) is 0 Å². The van der Waals surface area contributed by atoms with Crippen LogP contribution < -0.4 is 10.9 Å². The third-order valence-electron chi connectivity index (χ3n) is 3.31. The molecule has 0 aromatic carbocycles. The Kier molecular flexibility index (Phi) is 2.62. The molecule has 6 heteroatoms. The molecular weight excluding hydrogens is 230 g/mol. The fraction of sp³-hybridized carbons (Fsp3) is 0.417. The van der Waals surface area contributed by atoms with Gasteiger partial charge in [-0.3, -0.25) is 9.48 Å². The summed E-state index contributed by atoms with van der Waals surface area (Å²) in [7, 11) is 1.73. The molecule has 1 aliphatic rings. The van der Waals surface area contributed by atoms with E-state index in [0.717, 1.165) is 19.4 Å². The average Bonchev–Trinajstić information content (AvgIpc) is 2.82. The molecule has 18 heavy (non-hydrogen) atoms. The summed E-state index contributed by atoms with van der Waals surface area (Å²) in [5.41, 5.74) is 1.11. The van der Waals surface area contributed by atoms with Gasteiger partial charge in [-0.2, -0.15) is 5.10 Å². The summed E-state index contributed by atoms with van der Waals surface area (Å²) < 4.78 is 3.54. The van der Waals surface area contributed by atoms with Crippen molar-refractivity contribution >= 4 is 5.82 Å². The van der Waals surface area contributed by atoms with E-state index in [-0.39, 0.29) is 11.6 Å². The van der Waals surface area contributed by atoms with Crippen molar-refractivity contribution in [2.24, 2.45) is 7.05 Å². The van der Waals surface area contributed by atoms with Gasteiger partial charge in [-0.15, -0.1) is 0 Å². The van der Waals surface area contributed by atoms with Crippen molar-refractivity contribution in [2.75, 3.05) is 5.32 Å². The van der Waals surface area contributed by atoms with Gasteiger partial charge in [-0.05, 0) is 12.5 Å². The van der Waals surface area contributed by atoms with Crippen LogP contribution in [0.4, 0.5) is 5.82 Å². The van der Waals surface area contributed by atoms with E-state index in [0.29, 0.717) is 5.82 Å². The van der Waals surface area contributed by atoms with E-state index < -0.39 is 0 Å². The quantitative estimate of drug-likeness (QED) is 0.832. The first kappa shape index (κ1) is 11.0. The van der Waals surface area contributed by atoms with Crippen LogP contribution in [-0.2, 0) is 20.0 Å². The molecular formula is C12H15N5O. The molecule has 1 N–H and O–H groups in total. The maximum absolute atomic E-state index is 11.9. The van der Waals surface area contributed by atoms with E-state index in [9.17, 15) is 4.79 Å². The molecule has 2 aromatic heterocycles. The Hall–Kier alpha value is -2.11. The summed E-state index contributed by atoms with van der Waals surface area (Å²) in [5.74, 6) is 0.429. The van der Waals surface area contributed by atoms with Crippen molar-refractivity contribution in [3.8, 4) is 0 Å². The summed E-state index contributed by atoms with van der Waals surface area (Å²) in [6, 6.07) is 2.27. The van der Waals surface area contributed by atoms with Gasteiger partial charge in [0, 0.05) is 50.3 Å². The molecule has 3 heterocycles. The molecule has 0 aliphatic carbocycles. The summed E-state index contributed by atoms with van der Waals surface area (Å²) >= 11 is 0. The lowest BCUT2D eigenvalue weighted by Crippen LogP contribution is -2.34. The molecule has 0 bridgehead atoms. The highest BCUT2D eigenvalue weighted by atomic mass is 16.1. The van der Waals surface area contributed by atoms with E-state index in [1.54, 1.807) is 19.4 Å². The van der Waals surface area contributed by atoms with Gasteiger partial charge >= 0.3 is 0 Å². The maximum atomic E-state index is 11.9. The lowest BCUT2D eigenvalue weighted by atomic mass is 10.0. The van der Waals surface area contributed by atoms with Crippen LogP contribution in [0.2, 0.25) is 0 Å². The smallest absolute Gasteiger partial charge is 0.293 e. The summed E-state index contributed by atoms with van der Waals surface area (Å²) in [6.07, 6.45) is 6.94. The molecule has 0 fully saturated rings. The summed E-state index contributed by atoms with van der Waals surface area (Å²) in [4.78, 5) is 16.0. The Labute approximate surface area is 104 Å². The average molecular weight is 245 g/mol. The molecule has 1 atom stereocenters. The Morgan fingerprint density at radius 1 is 1.44 bits per heavy atom. The van der Waals surface area contributed by atoms with Gasteiger partial charge in [0.25, 0.3) is 5.56 Å². The van der Waals surface area contributed by atoms with Crippen molar-refractivity contribution in [1.82, 2.24) is 19.3 Å². The number of fused-ring (bicyclic) bond motifs is 1. The predicted molar refractivity (Wildman–Crippen MR) is 67.4 cm³/mol. The number of aryl methyl sites for hydroxylation is 2. The van der Waals surface area contributed by atoms with Gasteiger partial charge in [0.05, 0.1) is 0 Å². The maximum Gasteiger partial charge on any atom is 0.293 e. The Bertz CT molecular complexity index is 615. The molecule has 1 unspecified atom stereocenters. The fourth-order valence-corrected chi connectivity index (χ4v) is 2.28. The Morgan fingerprint density at radius 3 is 3.22 bits per heavy atom. The number of hydrogen-bond donors (Lipinski definition) is 1. The van der Waals surface area contributed by atoms with E-state index in [1.165, 1.54) is 10.3 Å². The predicted octanol–water partition coefficient (Wildman–Crippen LogP) is 0.404. The number of anilines is 1. The minimum Gasteiger partial charge on any atom is -0.362 e. The van der Waals surface area contributed by atoms with Gasteiger partial charge in [0.2, 0.25) is 0 Å². The Morgan fingerprint density at radius 2 is 2.33 bits per heavy atom. The van der Waals surface area contributed by atoms with Crippen LogP contribution in [0, 0.1) is 0 Å². The molecule has 3 rings (SSSR count). The molecule has 0 saturated heterocycles. The van der Waals surface area contributed by atoms with Crippen LogP contribution in [-0.4, -0.2) is 25.4 Å². The number of nitrogens with zero attached hydrogens (tertiary/aromatic N) is 4. The minimum absolute atomic E-state index is 0.0865. The van der Waals surface area contributed by atoms with Crippen LogP contribution in [0.25, 0.3) is 0 Å². The molecule has 94 valence electrons. The van der Waals surface area contributed by atoms with Crippen molar-refractivity contribution in [3.63, 3.8) is 0 Å². The number of hydrogen-bond acceptors (Lipinski definition) is 4. The van der Waals surface area contributed by atoms with Gasteiger partial charge in [-0.25, -0.2) is 4.98 Å². The first-order chi connectivity index (χ1) is 8.74. The number of nitrogens with one attached hydrogen (secondary N) is 1. The van der Waals surface area contributed by atoms with Crippen LogP contribution in [0.15, 0.2) is 29.5 Å². The third-order valence-corrected chi connectivity index (χ3v) is 3.31. The molecule has 6 nitrogen and oxygen atoms in total. The van der Waals surface area contributed by atoms with Gasteiger partial charge in [0.15, 0.2) is 5.82 Å². The van der Waals surface area contributed by atoms with Gasteiger partial charge < -0.3 is 9.88 Å². The zero-order chi connectivity index (χ0) is 12.5. The zero-order valence-corrected chi connectivity index (χ0v) is 10.2. The molecule has 2 aromatic rings. The molecule has 0 spiro atoms. The third kappa shape index (κ3) is 1.90. The SMILES string of the molecule is Cn1ccnc(NC2CCn3nccc3C2)c1=O. The van der Waals surface area contributed by atoms with Crippen LogP contribution in [0.5, 0.6) is 0 Å². The second-order valence-electron chi connectivity index (χ2n) is 4.57. The fourth-order valence-electron chi connectivity index (χ4n) is 2.28. The van der Waals surface area contributed by atoms with Crippen LogP contribution in [0.3, 0.4) is 0 Å². The second-order valence-corrected chi connectivity index (χ2v) is 4.57. The zero-order valence-electron chi connectivity index (χ0n) is 10.2. The lowest BCUT2D eigenvalue weighted by Gasteiger charge is -2.24. The number of aromatic nitrogens is 4. The second kappa shape index (κ2) is 4.29. The van der Waals surface area contributed by atoms with Crippen molar-refractivity contribution < 1.29 is 0 Å². The normalized spacial score (nSPS) is 18.4. The highest BCUT2D eigenvalue weighted by molar-refractivity contribution is 5.33. The first-order valence-corrected chi connectivity index (χ1v) is 6.03. The van der Waals surface area contributed by atoms with Gasteiger partial charge in [-0.1, -0.05) is 0 Å². The minimum atomic E-state index is -0.0865. The lowest BCUT2D eigenvalue weighted by molar-refractivity contribution is 0.454. The standard InChI is InChI=1S/C12H15N5O/c1-16-7-5-13-11(12(16)18)15-9-3-6-17-10(8-9)2-4-14-17/h2,4-5,7,9H,3,6,8H2,1H3,(H,13,15). The highest BCUT2D eigenvalue weighted by Crippen LogP contribution is 2.15. The molecule has 0 radical (unpaired) electrons. The topological polar surface area (TPSA) is 64.7 Å². The summed E-state index contributed by atoms with van der Waals surface area (Å²) in [6.45, 7) is 0.882. The molecule has 0 saturated carbocycles. The van der Waals surface area contributed by atoms with Gasteiger partial charge in [0.1, 0.15) is 0 Å².